The summed E-state index contributed by atoms with van der Waals surface area (Å²) in [5, 5.41) is 18.9. The van der Waals surface area contributed by atoms with Crippen molar-refractivity contribution in [1.29, 1.82) is 0 Å². The van der Waals surface area contributed by atoms with Crippen LogP contribution in [0.25, 0.3) is 10.6 Å². The van der Waals surface area contributed by atoms with E-state index in [-0.39, 0.29) is 11.9 Å². The number of β-amino-alcohol motifs (C(OH)–C–C–N with tert-alkyl or cyclic N) is 1. The Morgan fingerprint density at radius 2 is 2.26 bits per heavy atom. The fourth-order valence-electron chi connectivity index (χ4n) is 2.03. The van der Waals surface area contributed by atoms with Gasteiger partial charge < -0.3 is 10.0 Å². The lowest BCUT2D eigenvalue weighted by Gasteiger charge is -2.11. The third-order valence-corrected chi connectivity index (χ3v) is 4.52. The summed E-state index contributed by atoms with van der Waals surface area (Å²) in [4.78, 5) is 1.97. The van der Waals surface area contributed by atoms with Crippen LogP contribution in [0.3, 0.4) is 0 Å². The van der Waals surface area contributed by atoms with Crippen molar-refractivity contribution in [3.63, 3.8) is 0 Å². The minimum Gasteiger partial charge on any atom is -0.391 e. The maximum atomic E-state index is 13.8. The predicted molar refractivity (Wildman–Crippen MR) is 75.8 cm³/mol. The van der Waals surface area contributed by atoms with Crippen LogP contribution in [0.2, 0.25) is 0 Å². The van der Waals surface area contributed by atoms with Gasteiger partial charge in [-0.1, -0.05) is 27.3 Å². The Morgan fingerprint density at radius 3 is 3.00 bits per heavy atom. The van der Waals surface area contributed by atoms with Gasteiger partial charge in [-0.2, -0.15) is 0 Å². The Morgan fingerprint density at radius 1 is 1.42 bits per heavy atom. The van der Waals surface area contributed by atoms with Crippen molar-refractivity contribution in [2.75, 3.05) is 18.0 Å². The highest BCUT2D eigenvalue weighted by atomic mass is 79.9. The molecule has 0 bridgehead atoms. The molecule has 1 aliphatic heterocycles. The third kappa shape index (κ3) is 2.63. The molecule has 1 N–H and O–H groups in total. The number of aromatic nitrogens is 2. The summed E-state index contributed by atoms with van der Waals surface area (Å²) in [6, 6.07) is 4.75. The van der Waals surface area contributed by atoms with Crippen molar-refractivity contribution in [2.24, 2.45) is 0 Å². The molecule has 0 saturated carbocycles. The molecule has 3 rings (SSSR count). The molecule has 0 aliphatic carbocycles. The van der Waals surface area contributed by atoms with Crippen molar-refractivity contribution in [2.45, 2.75) is 12.5 Å². The number of halogens is 2. The van der Waals surface area contributed by atoms with Crippen LogP contribution in [0.4, 0.5) is 9.52 Å². The van der Waals surface area contributed by atoms with Gasteiger partial charge >= 0.3 is 0 Å². The quantitative estimate of drug-likeness (QED) is 0.910. The molecule has 1 aliphatic rings. The van der Waals surface area contributed by atoms with Crippen molar-refractivity contribution >= 4 is 32.4 Å². The van der Waals surface area contributed by atoms with E-state index in [4.69, 9.17) is 0 Å². The largest absolute Gasteiger partial charge is 0.391 e. The monoisotopic (exact) mass is 343 g/mol. The topological polar surface area (TPSA) is 49.2 Å². The highest BCUT2D eigenvalue weighted by molar-refractivity contribution is 9.10. The molecule has 0 spiro atoms. The second-order valence-electron chi connectivity index (χ2n) is 4.40. The number of aliphatic hydroxyl groups excluding tert-OH is 1. The van der Waals surface area contributed by atoms with Gasteiger partial charge in [-0.05, 0) is 24.6 Å². The van der Waals surface area contributed by atoms with E-state index in [9.17, 15) is 9.50 Å². The van der Waals surface area contributed by atoms with E-state index in [2.05, 4.69) is 26.1 Å². The molecule has 100 valence electrons. The van der Waals surface area contributed by atoms with E-state index in [1.165, 1.54) is 17.4 Å². The van der Waals surface area contributed by atoms with E-state index in [1.807, 2.05) is 4.90 Å². The standard InChI is InChI=1S/C12H11BrFN3OS/c13-7-1-2-10(14)9(5-7)11-15-16-12(19-11)17-4-3-8(18)6-17/h1-2,5,8,18H,3-4,6H2/t8-/m0/s1. The maximum absolute atomic E-state index is 13.8. The minimum atomic E-state index is -0.313. The van der Waals surface area contributed by atoms with Gasteiger partial charge in [0.1, 0.15) is 5.82 Å². The Kier molecular flexibility index (Phi) is 3.51. The van der Waals surface area contributed by atoms with Crippen LogP contribution in [0.1, 0.15) is 6.42 Å². The van der Waals surface area contributed by atoms with Gasteiger partial charge in [0.25, 0.3) is 0 Å². The lowest BCUT2D eigenvalue weighted by molar-refractivity contribution is 0.198. The Labute approximate surface area is 122 Å². The smallest absolute Gasteiger partial charge is 0.208 e. The lowest BCUT2D eigenvalue weighted by Crippen LogP contribution is -2.20. The first kappa shape index (κ1) is 13.0. The molecule has 1 aromatic heterocycles. The van der Waals surface area contributed by atoms with Crippen molar-refractivity contribution in [3.05, 3.63) is 28.5 Å². The van der Waals surface area contributed by atoms with Gasteiger partial charge in [-0.3, -0.25) is 0 Å². The number of nitrogens with zero attached hydrogens (tertiary/aromatic N) is 3. The molecule has 1 fully saturated rings. The normalized spacial score (nSPS) is 19.1. The SMILES string of the molecule is O[C@H]1CCN(c2nnc(-c3cc(Br)ccc3F)s2)C1. The van der Waals surface area contributed by atoms with Gasteiger partial charge in [-0.15, -0.1) is 10.2 Å². The second-order valence-corrected chi connectivity index (χ2v) is 6.27. The molecule has 0 unspecified atom stereocenters. The van der Waals surface area contributed by atoms with Crippen LogP contribution in [0.15, 0.2) is 22.7 Å². The summed E-state index contributed by atoms with van der Waals surface area (Å²) >= 11 is 4.66. The molecule has 0 amide bonds. The zero-order chi connectivity index (χ0) is 13.4. The first-order valence-electron chi connectivity index (χ1n) is 5.85. The highest BCUT2D eigenvalue weighted by Gasteiger charge is 2.24. The first-order chi connectivity index (χ1) is 9.13. The van der Waals surface area contributed by atoms with Crippen LogP contribution in [0.5, 0.6) is 0 Å². The molecule has 1 aromatic carbocycles. The molecule has 2 aromatic rings. The molecular formula is C12H11BrFN3OS. The first-order valence-corrected chi connectivity index (χ1v) is 7.46. The summed E-state index contributed by atoms with van der Waals surface area (Å²) in [6.45, 7) is 1.33. The molecule has 4 nitrogen and oxygen atoms in total. The summed E-state index contributed by atoms with van der Waals surface area (Å²) in [6.07, 6.45) is 0.426. The maximum Gasteiger partial charge on any atom is 0.208 e. The number of hydrogen-bond acceptors (Lipinski definition) is 5. The Bertz CT molecular complexity index is 606. The third-order valence-electron chi connectivity index (χ3n) is 3.01. The van der Waals surface area contributed by atoms with Crippen molar-refractivity contribution < 1.29 is 9.50 Å². The zero-order valence-electron chi connectivity index (χ0n) is 9.88. The van der Waals surface area contributed by atoms with Crippen LogP contribution < -0.4 is 4.90 Å². The fraction of sp³-hybridized carbons (Fsp3) is 0.333. The van der Waals surface area contributed by atoms with E-state index < -0.39 is 0 Å². The van der Waals surface area contributed by atoms with Crippen LogP contribution in [-0.4, -0.2) is 34.5 Å². The van der Waals surface area contributed by atoms with Crippen LogP contribution >= 0.6 is 27.3 Å². The van der Waals surface area contributed by atoms with Gasteiger partial charge in [0.05, 0.1) is 6.10 Å². The molecule has 19 heavy (non-hydrogen) atoms. The number of benzene rings is 1. The van der Waals surface area contributed by atoms with Crippen LogP contribution in [-0.2, 0) is 0 Å². The minimum absolute atomic E-state index is 0.310. The van der Waals surface area contributed by atoms with E-state index in [0.717, 1.165) is 22.6 Å². The predicted octanol–water partition coefficient (Wildman–Crippen LogP) is 2.68. The van der Waals surface area contributed by atoms with Crippen molar-refractivity contribution in [1.82, 2.24) is 10.2 Å². The Balaban J connectivity index is 1.90. The van der Waals surface area contributed by atoms with Crippen LogP contribution in [0, 0.1) is 5.82 Å². The van der Waals surface area contributed by atoms with E-state index in [0.29, 0.717) is 17.1 Å². The highest BCUT2D eigenvalue weighted by Crippen LogP contribution is 2.33. The summed E-state index contributed by atoms with van der Waals surface area (Å²) in [5.41, 5.74) is 0.442. The summed E-state index contributed by atoms with van der Waals surface area (Å²) in [5.74, 6) is -0.313. The molecule has 1 atom stereocenters. The molecule has 1 saturated heterocycles. The number of aliphatic hydroxyl groups is 1. The average Bonchev–Trinajstić information content (AvgIpc) is 3.00. The van der Waals surface area contributed by atoms with Gasteiger partial charge in [0, 0.05) is 23.1 Å². The zero-order valence-corrected chi connectivity index (χ0v) is 12.3. The van der Waals surface area contributed by atoms with E-state index in [1.54, 1.807) is 12.1 Å². The fourth-order valence-corrected chi connectivity index (χ4v) is 3.29. The number of anilines is 1. The van der Waals surface area contributed by atoms with E-state index >= 15 is 0 Å². The average molecular weight is 344 g/mol. The molecule has 7 heteroatoms. The molecule has 0 radical (unpaired) electrons. The summed E-state index contributed by atoms with van der Waals surface area (Å²) in [7, 11) is 0. The van der Waals surface area contributed by atoms with Gasteiger partial charge in [-0.25, -0.2) is 4.39 Å². The molecular weight excluding hydrogens is 333 g/mol. The Hall–Kier alpha value is -1.05. The second kappa shape index (κ2) is 5.15. The molecule has 2 heterocycles. The lowest BCUT2D eigenvalue weighted by atomic mass is 10.2. The number of rotatable bonds is 2. The van der Waals surface area contributed by atoms with Gasteiger partial charge in [0.2, 0.25) is 5.13 Å². The van der Waals surface area contributed by atoms with Gasteiger partial charge in [0.15, 0.2) is 5.01 Å². The summed E-state index contributed by atoms with van der Waals surface area (Å²) < 4.78 is 14.6. The van der Waals surface area contributed by atoms with Crippen molar-refractivity contribution in [3.8, 4) is 10.6 Å². The number of hydrogen-bond donors (Lipinski definition) is 1.